The van der Waals surface area contributed by atoms with E-state index in [4.69, 9.17) is 0 Å². The molecular weight excluding hydrogens is 224 g/mol. The van der Waals surface area contributed by atoms with E-state index in [9.17, 15) is 0 Å². The van der Waals surface area contributed by atoms with Crippen LogP contribution in [-0.4, -0.2) is 21.1 Å². The van der Waals surface area contributed by atoms with Crippen LogP contribution in [-0.2, 0) is 0 Å². The molecule has 2 aromatic rings. The van der Waals surface area contributed by atoms with Crippen molar-refractivity contribution in [1.82, 2.24) is 14.6 Å². The second-order valence-electron chi connectivity index (χ2n) is 5.44. The molecular formula is C14H22N4. The predicted octanol–water partition coefficient (Wildman–Crippen LogP) is 3.31. The van der Waals surface area contributed by atoms with Gasteiger partial charge >= 0.3 is 0 Å². The SMILES string of the molecule is CC(C)CCNc1nccn2nc(C(C)C)cc12. The zero-order valence-electron chi connectivity index (χ0n) is 11.6. The van der Waals surface area contributed by atoms with Crippen LogP contribution in [0.3, 0.4) is 0 Å². The molecule has 0 aliphatic carbocycles. The molecule has 4 nitrogen and oxygen atoms in total. The molecule has 0 aromatic carbocycles. The summed E-state index contributed by atoms with van der Waals surface area (Å²) in [6.45, 7) is 9.71. The molecule has 4 heteroatoms. The van der Waals surface area contributed by atoms with Crippen molar-refractivity contribution < 1.29 is 0 Å². The minimum atomic E-state index is 0.438. The van der Waals surface area contributed by atoms with Gasteiger partial charge in [-0.15, -0.1) is 0 Å². The van der Waals surface area contributed by atoms with Crippen LogP contribution < -0.4 is 5.32 Å². The molecule has 0 fully saturated rings. The molecule has 0 saturated carbocycles. The largest absolute Gasteiger partial charge is 0.368 e. The van der Waals surface area contributed by atoms with Gasteiger partial charge in [0.15, 0.2) is 5.82 Å². The predicted molar refractivity (Wildman–Crippen MR) is 75.0 cm³/mol. The molecule has 0 bridgehead atoms. The van der Waals surface area contributed by atoms with E-state index in [2.05, 4.69) is 49.2 Å². The number of nitrogens with one attached hydrogen (secondary N) is 1. The molecule has 0 aliphatic heterocycles. The van der Waals surface area contributed by atoms with Crippen molar-refractivity contribution in [3.8, 4) is 0 Å². The second kappa shape index (κ2) is 5.38. The molecule has 98 valence electrons. The van der Waals surface area contributed by atoms with Crippen molar-refractivity contribution in [2.75, 3.05) is 11.9 Å². The van der Waals surface area contributed by atoms with E-state index in [0.717, 1.165) is 30.0 Å². The van der Waals surface area contributed by atoms with Crippen molar-refractivity contribution in [3.05, 3.63) is 24.2 Å². The lowest BCUT2D eigenvalue weighted by molar-refractivity contribution is 0.606. The number of fused-ring (bicyclic) bond motifs is 1. The second-order valence-corrected chi connectivity index (χ2v) is 5.44. The molecule has 0 unspecified atom stereocenters. The zero-order chi connectivity index (χ0) is 13.1. The van der Waals surface area contributed by atoms with Gasteiger partial charge in [-0.05, 0) is 24.3 Å². The molecule has 0 amide bonds. The topological polar surface area (TPSA) is 42.2 Å². The summed E-state index contributed by atoms with van der Waals surface area (Å²) in [4.78, 5) is 4.40. The maximum atomic E-state index is 4.55. The minimum absolute atomic E-state index is 0.438. The summed E-state index contributed by atoms with van der Waals surface area (Å²) in [5, 5.41) is 7.95. The smallest absolute Gasteiger partial charge is 0.152 e. The highest BCUT2D eigenvalue weighted by Gasteiger charge is 2.09. The van der Waals surface area contributed by atoms with Gasteiger partial charge in [0.2, 0.25) is 0 Å². The van der Waals surface area contributed by atoms with Gasteiger partial charge in [-0.3, -0.25) is 0 Å². The van der Waals surface area contributed by atoms with E-state index in [1.54, 1.807) is 6.20 Å². The number of rotatable bonds is 5. The highest BCUT2D eigenvalue weighted by atomic mass is 15.2. The Labute approximate surface area is 108 Å². The molecule has 0 atom stereocenters. The normalized spacial score (nSPS) is 11.7. The van der Waals surface area contributed by atoms with Crippen LogP contribution in [0.4, 0.5) is 5.82 Å². The third kappa shape index (κ3) is 2.81. The van der Waals surface area contributed by atoms with Gasteiger partial charge < -0.3 is 5.32 Å². The van der Waals surface area contributed by atoms with Crippen molar-refractivity contribution in [2.45, 2.75) is 40.0 Å². The third-order valence-electron chi connectivity index (χ3n) is 3.01. The molecule has 0 saturated heterocycles. The fraction of sp³-hybridized carbons (Fsp3) is 0.571. The lowest BCUT2D eigenvalue weighted by atomic mass is 10.1. The Balaban J connectivity index is 2.22. The Kier molecular flexibility index (Phi) is 3.84. The van der Waals surface area contributed by atoms with Gasteiger partial charge in [0.1, 0.15) is 5.52 Å². The summed E-state index contributed by atoms with van der Waals surface area (Å²) in [6, 6.07) is 2.12. The number of aromatic nitrogens is 3. The van der Waals surface area contributed by atoms with Gasteiger partial charge in [0.25, 0.3) is 0 Å². The van der Waals surface area contributed by atoms with Crippen molar-refractivity contribution in [3.63, 3.8) is 0 Å². The fourth-order valence-electron chi connectivity index (χ4n) is 1.84. The minimum Gasteiger partial charge on any atom is -0.368 e. The van der Waals surface area contributed by atoms with Crippen molar-refractivity contribution in [2.24, 2.45) is 5.92 Å². The quantitative estimate of drug-likeness (QED) is 0.880. The Hall–Kier alpha value is -1.58. The molecule has 0 spiro atoms. The van der Waals surface area contributed by atoms with Gasteiger partial charge in [-0.1, -0.05) is 27.7 Å². The Morgan fingerprint density at radius 2 is 2.06 bits per heavy atom. The molecule has 2 heterocycles. The Morgan fingerprint density at radius 1 is 1.28 bits per heavy atom. The van der Waals surface area contributed by atoms with Crippen LogP contribution in [0, 0.1) is 5.92 Å². The van der Waals surface area contributed by atoms with Crippen LogP contribution in [0.1, 0.15) is 45.7 Å². The van der Waals surface area contributed by atoms with Crippen LogP contribution in [0.5, 0.6) is 0 Å². The average molecular weight is 246 g/mol. The first-order chi connectivity index (χ1) is 8.58. The fourth-order valence-corrected chi connectivity index (χ4v) is 1.84. The van der Waals surface area contributed by atoms with Crippen LogP contribution in [0.2, 0.25) is 0 Å². The Morgan fingerprint density at radius 3 is 2.72 bits per heavy atom. The highest BCUT2D eigenvalue weighted by Crippen LogP contribution is 2.19. The van der Waals surface area contributed by atoms with Gasteiger partial charge in [0.05, 0.1) is 5.69 Å². The number of nitrogens with zero attached hydrogens (tertiary/aromatic N) is 3. The van der Waals surface area contributed by atoms with Crippen LogP contribution in [0.15, 0.2) is 18.5 Å². The first-order valence-electron chi connectivity index (χ1n) is 6.66. The van der Waals surface area contributed by atoms with Crippen LogP contribution in [0.25, 0.3) is 5.52 Å². The maximum Gasteiger partial charge on any atom is 0.152 e. The molecule has 2 aromatic heterocycles. The monoisotopic (exact) mass is 246 g/mol. The Bertz CT molecular complexity index is 513. The number of hydrogen-bond donors (Lipinski definition) is 1. The van der Waals surface area contributed by atoms with E-state index in [-0.39, 0.29) is 0 Å². The molecule has 18 heavy (non-hydrogen) atoms. The summed E-state index contributed by atoms with van der Waals surface area (Å²) in [7, 11) is 0. The van der Waals surface area contributed by atoms with E-state index in [1.807, 2.05) is 10.7 Å². The van der Waals surface area contributed by atoms with Gasteiger partial charge in [0, 0.05) is 18.9 Å². The van der Waals surface area contributed by atoms with Crippen LogP contribution >= 0.6 is 0 Å². The van der Waals surface area contributed by atoms with Crippen molar-refractivity contribution in [1.29, 1.82) is 0 Å². The maximum absolute atomic E-state index is 4.55. The van der Waals surface area contributed by atoms with E-state index in [1.165, 1.54) is 0 Å². The first-order valence-corrected chi connectivity index (χ1v) is 6.66. The summed E-state index contributed by atoms with van der Waals surface area (Å²) in [5.74, 6) is 2.07. The van der Waals surface area contributed by atoms with Gasteiger partial charge in [-0.25, -0.2) is 9.50 Å². The molecule has 0 aliphatic rings. The molecule has 2 rings (SSSR count). The zero-order valence-corrected chi connectivity index (χ0v) is 11.6. The van der Waals surface area contributed by atoms with Gasteiger partial charge in [-0.2, -0.15) is 5.10 Å². The highest BCUT2D eigenvalue weighted by molar-refractivity contribution is 5.67. The summed E-state index contributed by atoms with van der Waals surface area (Å²) < 4.78 is 1.90. The van der Waals surface area contributed by atoms with E-state index >= 15 is 0 Å². The number of hydrogen-bond acceptors (Lipinski definition) is 3. The summed E-state index contributed by atoms with van der Waals surface area (Å²) >= 11 is 0. The van der Waals surface area contributed by atoms with Crippen molar-refractivity contribution >= 4 is 11.3 Å². The van der Waals surface area contributed by atoms with E-state index in [0.29, 0.717) is 11.8 Å². The van der Waals surface area contributed by atoms with E-state index < -0.39 is 0 Å². The summed E-state index contributed by atoms with van der Waals surface area (Å²) in [5.41, 5.74) is 2.17. The summed E-state index contributed by atoms with van der Waals surface area (Å²) in [6.07, 6.45) is 4.84. The standard InChI is InChI=1S/C14H22N4/c1-10(2)5-6-15-14-13-9-12(11(3)4)17-18(13)8-7-16-14/h7-11H,5-6H2,1-4H3,(H,15,16). The first kappa shape index (κ1) is 12.9. The molecule has 1 N–H and O–H groups in total. The lowest BCUT2D eigenvalue weighted by Crippen LogP contribution is -2.07. The molecule has 0 radical (unpaired) electrons. The third-order valence-corrected chi connectivity index (χ3v) is 3.01. The number of anilines is 1. The lowest BCUT2D eigenvalue weighted by Gasteiger charge is -2.08. The average Bonchev–Trinajstić information content (AvgIpc) is 2.73.